The SMILES string of the molecule is Cc1ccc(-c2cnc(SCC(N)=O)n2-c2ccccc2)cc1. The number of aryl methyl sites for hydroxylation is 1. The van der Waals surface area contributed by atoms with Crippen LogP contribution in [0.15, 0.2) is 66.0 Å². The minimum Gasteiger partial charge on any atom is -0.369 e. The number of rotatable bonds is 5. The maximum Gasteiger partial charge on any atom is 0.227 e. The molecule has 0 aliphatic rings. The van der Waals surface area contributed by atoms with Crippen molar-refractivity contribution in [3.63, 3.8) is 0 Å². The van der Waals surface area contributed by atoms with Crippen molar-refractivity contribution in [2.75, 3.05) is 5.75 Å². The molecule has 0 radical (unpaired) electrons. The van der Waals surface area contributed by atoms with Crippen LogP contribution in [0.4, 0.5) is 0 Å². The number of primary amides is 1. The molecule has 0 saturated heterocycles. The van der Waals surface area contributed by atoms with Crippen molar-refractivity contribution in [3.05, 3.63) is 66.4 Å². The molecule has 5 heteroatoms. The van der Waals surface area contributed by atoms with E-state index >= 15 is 0 Å². The number of thioether (sulfide) groups is 1. The van der Waals surface area contributed by atoms with E-state index < -0.39 is 0 Å². The van der Waals surface area contributed by atoms with E-state index in [2.05, 4.69) is 40.7 Å². The zero-order chi connectivity index (χ0) is 16.2. The van der Waals surface area contributed by atoms with Gasteiger partial charge in [0.2, 0.25) is 5.91 Å². The highest BCUT2D eigenvalue weighted by atomic mass is 32.2. The number of nitrogens with two attached hydrogens (primary N) is 1. The number of carbonyl (C=O) groups excluding carboxylic acids is 1. The summed E-state index contributed by atoms with van der Waals surface area (Å²) in [4.78, 5) is 15.6. The van der Waals surface area contributed by atoms with E-state index in [1.165, 1.54) is 17.3 Å². The van der Waals surface area contributed by atoms with E-state index in [1.807, 2.05) is 36.5 Å². The number of aromatic nitrogens is 2. The second-order valence-corrected chi connectivity index (χ2v) is 6.16. The van der Waals surface area contributed by atoms with Crippen LogP contribution < -0.4 is 5.73 Å². The standard InChI is InChI=1S/C18H17N3OS/c1-13-7-9-14(10-8-13)16-11-20-18(23-12-17(19)22)21(16)15-5-3-2-4-6-15/h2-11H,12H2,1H3,(H2,19,22). The van der Waals surface area contributed by atoms with Gasteiger partial charge < -0.3 is 5.73 Å². The summed E-state index contributed by atoms with van der Waals surface area (Å²) in [6.45, 7) is 2.06. The minimum absolute atomic E-state index is 0.206. The van der Waals surface area contributed by atoms with Crippen molar-refractivity contribution >= 4 is 17.7 Å². The first-order chi connectivity index (χ1) is 11.1. The molecule has 1 heterocycles. The van der Waals surface area contributed by atoms with E-state index in [0.29, 0.717) is 0 Å². The Morgan fingerprint density at radius 2 is 1.83 bits per heavy atom. The third kappa shape index (κ3) is 3.46. The molecule has 23 heavy (non-hydrogen) atoms. The van der Waals surface area contributed by atoms with Crippen LogP contribution in [0.1, 0.15) is 5.56 Å². The Bertz CT molecular complexity index is 810. The maximum absolute atomic E-state index is 11.1. The lowest BCUT2D eigenvalue weighted by Crippen LogP contribution is -2.13. The average Bonchev–Trinajstić information content (AvgIpc) is 2.98. The van der Waals surface area contributed by atoms with Crippen LogP contribution in [0, 0.1) is 6.92 Å². The smallest absolute Gasteiger partial charge is 0.227 e. The van der Waals surface area contributed by atoms with Gasteiger partial charge in [-0.2, -0.15) is 0 Å². The molecule has 2 aromatic carbocycles. The number of hydrogen-bond acceptors (Lipinski definition) is 3. The van der Waals surface area contributed by atoms with E-state index in [0.717, 1.165) is 22.1 Å². The molecule has 3 aromatic rings. The topological polar surface area (TPSA) is 60.9 Å². The fourth-order valence-corrected chi connectivity index (χ4v) is 3.06. The van der Waals surface area contributed by atoms with Gasteiger partial charge in [-0.05, 0) is 19.1 Å². The average molecular weight is 323 g/mol. The molecule has 0 unspecified atom stereocenters. The zero-order valence-electron chi connectivity index (χ0n) is 12.8. The molecule has 1 amide bonds. The lowest BCUT2D eigenvalue weighted by molar-refractivity contribution is -0.115. The summed E-state index contributed by atoms with van der Waals surface area (Å²) in [6.07, 6.45) is 1.83. The number of nitrogens with zero attached hydrogens (tertiary/aromatic N) is 2. The summed E-state index contributed by atoms with van der Waals surface area (Å²) in [7, 11) is 0. The molecule has 0 bridgehead atoms. The minimum atomic E-state index is -0.352. The molecular formula is C18H17N3OS. The van der Waals surface area contributed by atoms with E-state index in [9.17, 15) is 4.79 Å². The highest BCUT2D eigenvalue weighted by Crippen LogP contribution is 2.29. The number of para-hydroxylation sites is 1. The largest absolute Gasteiger partial charge is 0.369 e. The third-order valence-electron chi connectivity index (χ3n) is 3.43. The lowest BCUT2D eigenvalue weighted by atomic mass is 10.1. The molecule has 0 saturated carbocycles. The van der Waals surface area contributed by atoms with Crippen LogP contribution >= 0.6 is 11.8 Å². The first kappa shape index (κ1) is 15.4. The Morgan fingerprint density at radius 3 is 2.48 bits per heavy atom. The Kier molecular flexibility index (Phi) is 4.48. The molecule has 0 fully saturated rings. The number of benzene rings is 2. The van der Waals surface area contributed by atoms with Crippen LogP contribution in [0.25, 0.3) is 16.9 Å². The maximum atomic E-state index is 11.1. The summed E-state index contributed by atoms with van der Waals surface area (Å²) >= 11 is 1.35. The number of amides is 1. The van der Waals surface area contributed by atoms with Gasteiger partial charge in [-0.3, -0.25) is 9.36 Å². The van der Waals surface area contributed by atoms with Crippen LogP contribution in [-0.4, -0.2) is 21.2 Å². The van der Waals surface area contributed by atoms with Crippen molar-refractivity contribution in [1.82, 2.24) is 9.55 Å². The summed E-state index contributed by atoms with van der Waals surface area (Å²) in [6, 6.07) is 18.3. The molecule has 0 aliphatic carbocycles. The van der Waals surface area contributed by atoms with Crippen molar-refractivity contribution < 1.29 is 4.79 Å². The predicted molar refractivity (Wildman–Crippen MR) is 93.7 cm³/mol. The number of hydrogen-bond donors (Lipinski definition) is 1. The fraction of sp³-hybridized carbons (Fsp3) is 0.111. The summed E-state index contributed by atoms with van der Waals surface area (Å²) in [5.41, 5.74) is 9.56. The van der Waals surface area contributed by atoms with Crippen LogP contribution in [0.3, 0.4) is 0 Å². The second kappa shape index (κ2) is 6.71. The third-order valence-corrected chi connectivity index (χ3v) is 4.41. The van der Waals surface area contributed by atoms with Gasteiger partial charge >= 0.3 is 0 Å². The predicted octanol–water partition coefficient (Wildman–Crippen LogP) is 3.43. The normalized spacial score (nSPS) is 10.7. The second-order valence-electron chi connectivity index (χ2n) is 5.22. The van der Waals surface area contributed by atoms with Crippen molar-refractivity contribution in [2.24, 2.45) is 5.73 Å². The molecule has 4 nitrogen and oxygen atoms in total. The van der Waals surface area contributed by atoms with E-state index in [4.69, 9.17) is 5.73 Å². The quantitative estimate of drug-likeness (QED) is 0.732. The molecule has 1 aromatic heterocycles. The van der Waals surface area contributed by atoms with Gasteiger partial charge in [0.05, 0.1) is 17.6 Å². The molecule has 0 spiro atoms. The Hall–Kier alpha value is -2.53. The van der Waals surface area contributed by atoms with Crippen molar-refractivity contribution in [3.8, 4) is 16.9 Å². The van der Waals surface area contributed by atoms with Gasteiger partial charge in [-0.15, -0.1) is 0 Å². The fourth-order valence-electron chi connectivity index (χ4n) is 2.33. The van der Waals surface area contributed by atoms with Crippen LogP contribution in [0.2, 0.25) is 0 Å². The Morgan fingerprint density at radius 1 is 1.13 bits per heavy atom. The molecule has 0 aliphatic heterocycles. The summed E-state index contributed by atoms with van der Waals surface area (Å²) < 4.78 is 2.05. The van der Waals surface area contributed by atoms with Gasteiger partial charge in [0.25, 0.3) is 0 Å². The van der Waals surface area contributed by atoms with Gasteiger partial charge in [0, 0.05) is 11.3 Å². The number of carbonyl (C=O) groups is 1. The summed E-state index contributed by atoms with van der Waals surface area (Å²) in [5, 5.41) is 0.755. The highest BCUT2D eigenvalue weighted by molar-refractivity contribution is 7.99. The zero-order valence-corrected chi connectivity index (χ0v) is 13.6. The lowest BCUT2D eigenvalue weighted by Gasteiger charge is -2.12. The van der Waals surface area contributed by atoms with E-state index in [-0.39, 0.29) is 11.7 Å². The van der Waals surface area contributed by atoms with Gasteiger partial charge in [0.15, 0.2) is 5.16 Å². The summed E-state index contributed by atoms with van der Waals surface area (Å²) in [5.74, 6) is -0.147. The Balaban J connectivity index is 2.09. The first-order valence-corrected chi connectivity index (χ1v) is 8.25. The Labute approximate surface area is 139 Å². The molecule has 116 valence electrons. The van der Waals surface area contributed by atoms with Crippen LogP contribution in [0.5, 0.6) is 0 Å². The van der Waals surface area contributed by atoms with Gasteiger partial charge in [-0.1, -0.05) is 59.8 Å². The van der Waals surface area contributed by atoms with Crippen molar-refractivity contribution in [1.29, 1.82) is 0 Å². The molecule has 0 atom stereocenters. The molecular weight excluding hydrogens is 306 g/mol. The molecule has 3 rings (SSSR count). The van der Waals surface area contributed by atoms with Crippen molar-refractivity contribution in [2.45, 2.75) is 12.1 Å². The molecule has 2 N–H and O–H groups in total. The number of imidazole rings is 1. The van der Waals surface area contributed by atoms with E-state index in [1.54, 1.807) is 0 Å². The monoisotopic (exact) mass is 323 g/mol. The first-order valence-electron chi connectivity index (χ1n) is 7.26. The van der Waals surface area contributed by atoms with Gasteiger partial charge in [0.1, 0.15) is 0 Å². The van der Waals surface area contributed by atoms with Crippen LogP contribution in [-0.2, 0) is 4.79 Å². The van der Waals surface area contributed by atoms with Gasteiger partial charge in [-0.25, -0.2) is 4.98 Å². The highest BCUT2D eigenvalue weighted by Gasteiger charge is 2.14.